The van der Waals surface area contributed by atoms with Crippen molar-refractivity contribution in [3.8, 4) is 0 Å². The lowest BCUT2D eigenvalue weighted by Gasteiger charge is -2.05. The number of aryl methyl sites for hydroxylation is 1. The highest BCUT2D eigenvalue weighted by Crippen LogP contribution is 2.20. The van der Waals surface area contributed by atoms with Crippen molar-refractivity contribution >= 4 is 22.6 Å². The first-order chi connectivity index (χ1) is 8.78. The third kappa shape index (κ3) is 1.91. The van der Waals surface area contributed by atoms with Crippen LogP contribution in [-0.2, 0) is 12.4 Å². The number of hydrogen-bond acceptors (Lipinski definition) is 2. The number of halogens is 1. The number of imidazole rings is 1. The van der Waals surface area contributed by atoms with Gasteiger partial charge in [0, 0.05) is 0 Å². The molecule has 2 aromatic heterocycles. The van der Waals surface area contributed by atoms with Gasteiger partial charge in [0.25, 0.3) is 0 Å². The van der Waals surface area contributed by atoms with Gasteiger partial charge in [0.05, 0.1) is 29.7 Å². The van der Waals surface area contributed by atoms with Crippen LogP contribution in [0.4, 0.5) is 0 Å². The monoisotopic (exact) mass is 260 g/mol. The normalized spacial score (nSPS) is 11.2. The van der Waals surface area contributed by atoms with E-state index in [0.29, 0.717) is 12.4 Å². The zero-order valence-electron chi connectivity index (χ0n) is 10.1. The molecule has 0 aliphatic rings. The molecule has 0 aliphatic heterocycles. The molecular weight excluding hydrogens is 248 g/mol. The summed E-state index contributed by atoms with van der Waals surface area (Å²) in [6, 6.07) is 10.1. The number of aromatic nitrogens is 2. The van der Waals surface area contributed by atoms with Gasteiger partial charge in [-0.3, -0.25) is 0 Å². The Morgan fingerprint density at radius 2 is 2.22 bits per heavy atom. The van der Waals surface area contributed by atoms with E-state index in [-0.39, 0.29) is 0 Å². The van der Waals surface area contributed by atoms with Crippen molar-refractivity contribution in [1.82, 2.24) is 9.55 Å². The molecule has 0 bridgehead atoms. The van der Waals surface area contributed by atoms with Gasteiger partial charge in [-0.2, -0.15) is 0 Å². The minimum absolute atomic E-state index is 0.397. The highest BCUT2D eigenvalue weighted by atomic mass is 35.5. The van der Waals surface area contributed by atoms with Crippen LogP contribution in [0.25, 0.3) is 11.0 Å². The van der Waals surface area contributed by atoms with E-state index >= 15 is 0 Å². The summed E-state index contributed by atoms with van der Waals surface area (Å²) < 4.78 is 7.49. The van der Waals surface area contributed by atoms with Gasteiger partial charge in [-0.05, 0) is 36.8 Å². The third-order valence-corrected chi connectivity index (χ3v) is 3.24. The average Bonchev–Trinajstić information content (AvgIpc) is 2.97. The van der Waals surface area contributed by atoms with Crippen LogP contribution in [0.1, 0.15) is 17.1 Å². The third-order valence-electron chi connectivity index (χ3n) is 3.00. The number of alkyl halides is 1. The Balaban J connectivity index is 2.13. The first kappa shape index (κ1) is 11.4. The number of fused-ring (bicyclic) bond motifs is 1. The standard InChI is InChI=1S/C14H13ClN2O/c1-10-4-5-13-12(7-10)16-14(8-15)17(13)9-11-3-2-6-18-11/h2-7H,8-9H2,1H3. The first-order valence-corrected chi connectivity index (χ1v) is 6.35. The Morgan fingerprint density at radius 3 is 2.94 bits per heavy atom. The summed E-state index contributed by atoms with van der Waals surface area (Å²) in [4.78, 5) is 4.56. The van der Waals surface area contributed by atoms with Crippen LogP contribution < -0.4 is 0 Å². The molecule has 3 rings (SSSR count). The second-order valence-electron chi connectivity index (χ2n) is 4.32. The van der Waals surface area contributed by atoms with Gasteiger partial charge >= 0.3 is 0 Å². The van der Waals surface area contributed by atoms with Gasteiger partial charge in [-0.25, -0.2) is 4.98 Å². The van der Waals surface area contributed by atoms with Crippen molar-refractivity contribution in [3.05, 3.63) is 53.7 Å². The average molecular weight is 261 g/mol. The van der Waals surface area contributed by atoms with E-state index in [1.54, 1.807) is 6.26 Å². The summed E-state index contributed by atoms with van der Waals surface area (Å²) in [6.07, 6.45) is 1.68. The van der Waals surface area contributed by atoms with E-state index < -0.39 is 0 Å². The summed E-state index contributed by atoms with van der Waals surface area (Å²) in [6.45, 7) is 2.72. The van der Waals surface area contributed by atoms with Gasteiger partial charge in [-0.15, -0.1) is 11.6 Å². The number of rotatable bonds is 3. The molecule has 0 radical (unpaired) electrons. The zero-order chi connectivity index (χ0) is 12.5. The van der Waals surface area contributed by atoms with Crippen molar-refractivity contribution in [3.63, 3.8) is 0 Å². The molecule has 1 aromatic carbocycles. The lowest BCUT2D eigenvalue weighted by molar-refractivity contribution is 0.493. The predicted molar refractivity (Wildman–Crippen MR) is 71.8 cm³/mol. The summed E-state index contributed by atoms with van der Waals surface area (Å²) in [5, 5.41) is 0. The largest absolute Gasteiger partial charge is 0.467 e. The van der Waals surface area contributed by atoms with Crippen molar-refractivity contribution in [2.45, 2.75) is 19.3 Å². The molecule has 3 aromatic rings. The van der Waals surface area contributed by atoms with Gasteiger partial charge in [0.15, 0.2) is 0 Å². The molecule has 0 aliphatic carbocycles. The number of benzene rings is 1. The van der Waals surface area contributed by atoms with E-state index in [1.807, 2.05) is 12.1 Å². The highest BCUT2D eigenvalue weighted by Gasteiger charge is 2.11. The van der Waals surface area contributed by atoms with E-state index in [0.717, 1.165) is 22.6 Å². The number of furan rings is 1. The molecule has 4 heteroatoms. The fraction of sp³-hybridized carbons (Fsp3) is 0.214. The molecule has 92 valence electrons. The molecule has 0 spiro atoms. The Labute approximate surface area is 110 Å². The summed E-state index contributed by atoms with van der Waals surface area (Å²) in [5.41, 5.74) is 3.27. The smallest absolute Gasteiger partial charge is 0.125 e. The molecule has 2 heterocycles. The molecular formula is C14H13ClN2O. The van der Waals surface area contributed by atoms with Gasteiger partial charge in [-0.1, -0.05) is 6.07 Å². The maximum atomic E-state index is 5.97. The predicted octanol–water partition coefficient (Wildman–Crippen LogP) is 3.72. The second kappa shape index (κ2) is 4.50. The van der Waals surface area contributed by atoms with E-state index in [2.05, 4.69) is 34.7 Å². The lowest BCUT2D eigenvalue weighted by atomic mass is 10.2. The fourth-order valence-corrected chi connectivity index (χ4v) is 2.33. The Hall–Kier alpha value is -1.74. The molecule has 0 atom stereocenters. The van der Waals surface area contributed by atoms with Gasteiger partial charge < -0.3 is 8.98 Å². The van der Waals surface area contributed by atoms with Crippen LogP contribution in [0.15, 0.2) is 41.0 Å². The molecule has 0 fully saturated rings. The molecule has 0 saturated heterocycles. The van der Waals surface area contributed by atoms with E-state index in [4.69, 9.17) is 16.0 Å². The molecule has 0 N–H and O–H groups in total. The molecule has 0 saturated carbocycles. The topological polar surface area (TPSA) is 31.0 Å². The van der Waals surface area contributed by atoms with Crippen LogP contribution in [0.5, 0.6) is 0 Å². The maximum absolute atomic E-state index is 5.97. The van der Waals surface area contributed by atoms with Crippen molar-refractivity contribution in [1.29, 1.82) is 0 Å². The van der Waals surface area contributed by atoms with Crippen molar-refractivity contribution in [2.75, 3.05) is 0 Å². The van der Waals surface area contributed by atoms with Crippen molar-refractivity contribution in [2.24, 2.45) is 0 Å². The van der Waals surface area contributed by atoms with E-state index in [9.17, 15) is 0 Å². The van der Waals surface area contributed by atoms with Crippen LogP contribution in [0.3, 0.4) is 0 Å². The van der Waals surface area contributed by atoms with Crippen LogP contribution >= 0.6 is 11.6 Å². The lowest BCUT2D eigenvalue weighted by Crippen LogP contribution is -2.02. The van der Waals surface area contributed by atoms with Crippen LogP contribution in [0.2, 0.25) is 0 Å². The number of nitrogens with zero attached hydrogens (tertiary/aromatic N) is 2. The maximum Gasteiger partial charge on any atom is 0.125 e. The van der Waals surface area contributed by atoms with Crippen LogP contribution in [0, 0.1) is 6.92 Å². The zero-order valence-corrected chi connectivity index (χ0v) is 10.8. The quantitative estimate of drug-likeness (QED) is 0.672. The SMILES string of the molecule is Cc1ccc2c(c1)nc(CCl)n2Cc1ccco1. The molecule has 0 unspecified atom stereocenters. The minimum Gasteiger partial charge on any atom is -0.467 e. The van der Waals surface area contributed by atoms with Crippen molar-refractivity contribution < 1.29 is 4.42 Å². The summed E-state index contributed by atoms with van der Waals surface area (Å²) in [5.74, 6) is 2.17. The minimum atomic E-state index is 0.397. The first-order valence-electron chi connectivity index (χ1n) is 5.82. The van der Waals surface area contributed by atoms with Gasteiger partial charge in [0.1, 0.15) is 11.6 Å². The van der Waals surface area contributed by atoms with E-state index in [1.165, 1.54) is 5.56 Å². The fourth-order valence-electron chi connectivity index (χ4n) is 2.13. The summed E-state index contributed by atoms with van der Waals surface area (Å²) >= 11 is 5.97. The van der Waals surface area contributed by atoms with Crippen LogP contribution in [-0.4, -0.2) is 9.55 Å². The molecule has 3 nitrogen and oxygen atoms in total. The molecule has 0 amide bonds. The Morgan fingerprint density at radius 1 is 1.33 bits per heavy atom. The highest BCUT2D eigenvalue weighted by molar-refractivity contribution is 6.16. The second-order valence-corrected chi connectivity index (χ2v) is 4.59. The van der Waals surface area contributed by atoms with Gasteiger partial charge in [0.2, 0.25) is 0 Å². The molecule has 18 heavy (non-hydrogen) atoms. The Bertz CT molecular complexity index is 670. The number of hydrogen-bond donors (Lipinski definition) is 0. The Kier molecular flexibility index (Phi) is 2.84. The summed E-state index contributed by atoms with van der Waals surface area (Å²) in [7, 11) is 0.